The maximum Gasteiger partial charge on any atom is 0.328 e. The fraction of sp³-hybridized carbons (Fsp3) is 0.633. The number of fused-ring (bicyclic) bond motifs is 1. The second kappa shape index (κ2) is 30.2. The minimum atomic E-state index is -1.41. The maximum atomic E-state index is 13.5. The monoisotopic (exact) mass is 1000 g/mol. The van der Waals surface area contributed by atoms with E-state index in [0.717, 1.165) is 5.39 Å². The number of carbonyl (C=O) groups excluding carboxylic acids is 9. The predicted octanol–water partition coefficient (Wildman–Crippen LogP) is 1.17. The minimum absolute atomic E-state index is 0.0268. The van der Waals surface area contributed by atoms with Crippen molar-refractivity contribution in [3.8, 4) is 11.6 Å². The average molecular weight is 1000 g/mol. The minimum Gasteiger partial charge on any atom is -0.494 e. The third kappa shape index (κ3) is 21.1. The largest absolute Gasteiger partial charge is 0.494 e. The van der Waals surface area contributed by atoms with Crippen molar-refractivity contribution in [2.45, 2.75) is 156 Å². The summed E-state index contributed by atoms with van der Waals surface area (Å²) in [6.45, 7) is 15.9. The van der Waals surface area contributed by atoms with Crippen LogP contribution in [-0.4, -0.2) is 126 Å². The molecule has 396 valence electrons. The lowest BCUT2D eigenvalue weighted by Crippen LogP contribution is -2.60. The smallest absolute Gasteiger partial charge is 0.328 e. The molecule has 71 heavy (non-hydrogen) atoms. The second-order valence-electron chi connectivity index (χ2n) is 18.8. The first-order valence-corrected chi connectivity index (χ1v) is 24.2. The van der Waals surface area contributed by atoms with Gasteiger partial charge in [-0.15, -0.1) is 0 Å². The van der Waals surface area contributed by atoms with E-state index in [1.54, 1.807) is 65.8 Å². The third-order valence-electron chi connectivity index (χ3n) is 11.5. The van der Waals surface area contributed by atoms with E-state index in [0.29, 0.717) is 36.4 Å². The summed E-state index contributed by atoms with van der Waals surface area (Å²) >= 11 is 0. The number of nitrogens with zero attached hydrogens (tertiary/aromatic N) is 1. The standard InChI is InChI=1S/C49H77N9O13/c1-11-29(8)42(48(67)58-43(30(9)59)44(51)63)57-45(64)33(19-20-36(50)60)52-37(61)14-12-22-70-32-18-16-31-17-21-39(53-34(31)25-32)71-23-13-15-38(62)55-40(27(4)5)47(66)54-35(24-26(2)3)46(65)56-41(28(6)7)49(68)69-10/h16-18,21,25-30,33,35,40-43,59H,11-15,19-20,22-24H2,1-10H3,(H2,50,60)(H2,51,63)(H,52,61)(H,54,66)(H,55,62)(H,56,65)(H,57,64)(H,58,67)/t29-,30+,33-,35-,40-,41-,42-,43-/m0/s1. The zero-order valence-electron chi connectivity index (χ0n) is 42.8. The molecule has 8 atom stereocenters. The van der Waals surface area contributed by atoms with Crippen molar-refractivity contribution in [2.24, 2.45) is 35.1 Å². The number of ether oxygens (including phenoxy) is 3. The molecule has 2 aromatic rings. The third-order valence-corrected chi connectivity index (χ3v) is 11.5. The molecule has 22 heteroatoms. The number of carbonyl (C=O) groups is 9. The highest BCUT2D eigenvalue weighted by Crippen LogP contribution is 2.23. The van der Waals surface area contributed by atoms with Gasteiger partial charge in [0.2, 0.25) is 53.1 Å². The molecule has 0 aliphatic rings. The van der Waals surface area contributed by atoms with E-state index in [1.165, 1.54) is 14.0 Å². The first-order valence-electron chi connectivity index (χ1n) is 24.2. The van der Waals surface area contributed by atoms with Gasteiger partial charge in [0, 0.05) is 36.8 Å². The lowest BCUT2D eigenvalue weighted by Gasteiger charge is -2.28. The van der Waals surface area contributed by atoms with Crippen molar-refractivity contribution < 1.29 is 62.5 Å². The van der Waals surface area contributed by atoms with Gasteiger partial charge in [-0.1, -0.05) is 61.8 Å². The highest BCUT2D eigenvalue weighted by atomic mass is 16.5. The number of rotatable bonds is 32. The summed E-state index contributed by atoms with van der Waals surface area (Å²) < 4.78 is 16.6. The van der Waals surface area contributed by atoms with Gasteiger partial charge < -0.3 is 62.7 Å². The number of amides is 8. The van der Waals surface area contributed by atoms with E-state index < -0.39 is 95.6 Å². The normalized spacial score (nSPS) is 14.7. The topological polar surface area (TPSA) is 339 Å². The second-order valence-corrected chi connectivity index (χ2v) is 18.8. The van der Waals surface area contributed by atoms with E-state index in [-0.39, 0.29) is 69.0 Å². The van der Waals surface area contributed by atoms with Gasteiger partial charge in [-0.25, -0.2) is 9.78 Å². The molecular formula is C49H77N9O13. The Morgan fingerprint density at radius 1 is 0.634 bits per heavy atom. The van der Waals surface area contributed by atoms with Crippen LogP contribution >= 0.6 is 0 Å². The van der Waals surface area contributed by atoms with Crippen molar-refractivity contribution in [1.29, 1.82) is 0 Å². The molecule has 0 bridgehead atoms. The van der Waals surface area contributed by atoms with Gasteiger partial charge in [0.15, 0.2) is 0 Å². The van der Waals surface area contributed by atoms with Crippen LogP contribution in [-0.2, 0) is 47.9 Å². The van der Waals surface area contributed by atoms with E-state index in [9.17, 15) is 48.3 Å². The van der Waals surface area contributed by atoms with Crippen LogP contribution in [0.3, 0.4) is 0 Å². The highest BCUT2D eigenvalue weighted by Gasteiger charge is 2.35. The number of methoxy groups -OCH3 is 1. The Labute approximate surface area is 415 Å². The molecule has 0 saturated carbocycles. The molecule has 2 rings (SSSR count). The number of esters is 1. The predicted molar refractivity (Wildman–Crippen MR) is 263 cm³/mol. The Kier molecular flexibility index (Phi) is 25.8. The molecule has 0 aliphatic carbocycles. The molecular weight excluding hydrogens is 923 g/mol. The van der Waals surface area contributed by atoms with Crippen LogP contribution < -0.4 is 52.8 Å². The van der Waals surface area contributed by atoms with Crippen molar-refractivity contribution in [3.05, 3.63) is 30.3 Å². The van der Waals surface area contributed by atoms with Crippen molar-refractivity contribution in [3.63, 3.8) is 0 Å². The Hall–Kier alpha value is -6.58. The van der Waals surface area contributed by atoms with Crippen LogP contribution in [0.1, 0.15) is 114 Å². The molecule has 1 aromatic carbocycles. The maximum absolute atomic E-state index is 13.5. The molecule has 8 amide bonds. The van der Waals surface area contributed by atoms with Crippen LogP contribution in [0.5, 0.6) is 11.6 Å². The number of hydrogen-bond donors (Lipinski definition) is 9. The fourth-order valence-electron chi connectivity index (χ4n) is 7.15. The Morgan fingerprint density at radius 2 is 1.18 bits per heavy atom. The van der Waals surface area contributed by atoms with Crippen molar-refractivity contribution in [1.82, 2.24) is 36.9 Å². The van der Waals surface area contributed by atoms with Gasteiger partial charge in [-0.3, -0.25) is 38.4 Å². The molecule has 0 radical (unpaired) electrons. The summed E-state index contributed by atoms with van der Waals surface area (Å²) in [6.07, 6.45) is -0.435. The van der Waals surface area contributed by atoms with Gasteiger partial charge in [0.05, 0.1) is 31.9 Å². The van der Waals surface area contributed by atoms with Gasteiger partial charge in [-0.05, 0) is 74.5 Å². The molecule has 0 fully saturated rings. The molecule has 0 saturated heterocycles. The number of hydrogen-bond acceptors (Lipinski definition) is 14. The fourth-order valence-corrected chi connectivity index (χ4v) is 7.15. The number of aliphatic hydroxyl groups excluding tert-OH is 1. The van der Waals surface area contributed by atoms with Crippen LogP contribution in [0.2, 0.25) is 0 Å². The van der Waals surface area contributed by atoms with Crippen LogP contribution in [0, 0.1) is 23.7 Å². The lowest BCUT2D eigenvalue weighted by atomic mass is 9.96. The first-order chi connectivity index (χ1) is 33.4. The zero-order chi connectivity index (χ0) is 53.5. The first kappa shape index (κ1) is 60.5. The molecule has 0 aliphatic heterocycles. The SMILES string of the molecule is CC[C@H](C)[C@H](NC(=O)[C@H](CCC(N)=O)NC(=O)CCCOc1ccc2ccc(OCCCC(=O)N[C@H](C(=O)N[C@@H](CC(C)C)C(=O)N[C@H](C(=O)OC)C(C)C)C(C)C)nc2c1)C(=O)N[C@H](C(N)=O)[C@@H](C)O. The number of aliphatic hydroxyl groups is 1. The van der Waals surface area contributed by atoms with Crippen LogP contribution in [0.4, 0.5) is 0 Å². The van der Waals surface area contributed by atoms with Crippen LogP contribution in [0.25, 0.3) is 10.9 Å². The van der Waals surface area contributed by atoms with E-state index in [2.05, 4.69) is 36.9 Å². The number of nitrogens with two attached hydrogens (primary N) is 2. The molecule has 22 nitrogen and oxygen atoms in total. The van der Waals surface area contributed by atoms with E-state index in [1.807, 2.05) is 19.9 Å². The quantitative estimate of drug-likeness (QED) is 0.0367. The molecule has 1 heterocycles. The Bertz CT molecular complexity index is 2130. The van der Waals surface area contributed by atoms with E-state index >= 15 is 0 Å². The van der Waals surface area contributed by atoms with Gasteiger partial charge >= 0.3 is 5.97 Å². The number of benzene rings is 1. The van der Waals surface area contributed by atoms with Crippen LogP contribution in [0.15, 0.2) is 30.3 Å². The summed E-state index contributed by atoms with van der Waals surface area (Å²) in [5, 5.41) is 26.5. The van der Waals surface area contributed by atoms with Gasteiger partial charge in [-0.2, -0.15) is 0 Å². The number of pyridine rings is 1. The zero-order valence-corrected chi connectivity index (χ0v) is 42.8. The average Bonchev–Trinajstić information content (AvgIpc) is 3.30. The Balaban J connectivity index is 1.97. The number of primary amides is 2. The number of aromatic nitrogens is 1. The summed E-state index contributed by atoms with van der Waals surface area (Å²) in [7, 11) is 1.24. The summed E-state index contributed by atoms with van der Waals surface area (Å²) in [4.78, 5) is 120. The van der Waals surface area contributed by atoms with Crippen molar-refractivity contribution in [2.75, 3.05) is 20.3 Å². The molecule has 0 unspecified atom stereocenters. The summed E-state index contributed by atoms with van der Waals surface area (Å²) in [5.74, 6) is -5.98. The molecule has 1 aromatic heterocycles. The van der Waals surface area contributed by atoms with Gasteiger partial charge in [0.1, 0.15) is 42.0 Å². The highest BCUT2D eigenvalue weighted by molar-refractivity contribution is 5.95. The molecule has 0 spiro atoms. The number of nitrogens with one attached hydrogen (secondary N) is 6. The summed E-state index contributed by atoms with van der Waals surface area (Å²) in [6, 6.07) is 2.14. The summed E-state index contributed by atoms with van der Waals surface area (Å²) in [5.41, 5.74) is 11.2. The molecule has 11 N–H and O–H groups in total. The van der Waals surface area contributed by atoms with Gasteiger partial charge in [0.25, 0.3) is 0 Å². The van der Waals surface area contributed by atoms with E-state index in [4.69, 9.17) is 25.7 Å². The van der Waals surface area contributed by atoms with Crippen molar-refractivity contribution >= 4 is 64.1 Å². The Morgan fingerprint density at radius 3 is 1.73 bits per heavy atom. The lowest BCUT2D eigenvalue weighted by molar-refractivity contribution is -0.146.